The van der Waals surface area contributed by atoms with Crippen molar-refractivity contribution in [1.82, 2.24) is 4.90 Å². The molecular weight excluding hydrogens is 401 g/mol. The van der Waals surface area contributed by atoms with E-state index in [4.69, 9.17) is 0 Å². The van der Waals surface area contributed by atoms with Gasteiger partial charge in [-0.05, 0) is 52.1 Å². The Balaban J connectivity index is 0.00000204. The van der Waals surface area contributed by atoms with E-state index < -0.39 is 21.7 Å². The molecule has 29 heavy (non-hydrogen) atoms. The molecule has 0 radical (unpaired) electrons. The Morgan fingerprint density at radius 1 is 1.24 bits per heavy atom. The quantitative estimate of drug-likeness (QED) is 0.474. The van der Waals surface area contributed by atoms with Gasteiger partial charge in [0.1, 0.15) is 5.71 Å². The van der Waals surface area contributed by atoms with Crippen LogP contribution in [0.15, 0.2) is 16.8 Å². The van der Waals surface area contributed by atoms with Crippen molar-refractivity contribution < 1.29 is 21.6 Å². The summed E-state index contributed by atoms with van der Waals surface area (Å²) in [7, 11) is -2.81. The summed E-state index contributed by atoms with van der Waals surface area (Å²) in [4.78, 5) is 5.83. The second-order valence-electron chi connectivity index (χ2n) is 7.88. The number of alkyl halides is 3. The number of hydrogen-bond donors (Lipinski definition) is 0. The Labute approximate surface area is 173 Å². The van der Waals surface area contributed by atoms with Crippen LogP contribution >= 0.6 is 0 Å². The fourth-order valence-electron chi connectivity index (χ4n) is 3.81. The molecule has 0 aromatic heterocycles. The fourth-order valence-corrected chi connectivity index (χ4v) is 6.17. The summed E-state index contributed by atoms with van der Waals surface area (Å²) in [6, 6.07) is 0. The Bertz CT molecular complexity index is 752. The van der Waals surface area contributed by atoms with Crippen LogP contribution in [0.5, 0.6) is 0 Å². The van der Waals surface area contributed by atoms with E-state index in [1.807, 2.05) is 20.8 Å². The molecule has 2 fully saturated rings. The van der Waals surface area contributed by atoms with Crippen molar-refractivity contribution in [3.63, 3.8) is 0 Å². The van der Waals surface area contributed by atoms with Crippen molar-refractivity contribution in [2.24, 2.45) is 16.3 Å². The van der Waals surface area contributed by atoms with Crippen LogP contribution in [0.25, 0.3) is 0 Å². The molecule has 0 amide bonds. The zero-order chi connectivity index (χ0) is 22.3. The zero-order valence-electron chi connectivity index (χ0n) is 18.1. The molecule has 4 nitrogen and oxygen atoms in total. The molecule has 8 heteroatoms. The van der Waals surface area contributed by atoms with Gasteiger partial charge < -0.3 is 4.90 Å². The molecule has 1 atom stereocenters. The topological polar surface area (TPSA) is 49.7 Å². The summed E-state index contributed by atoms with van der Waals surface area (Å²) >= 11 is 0. The van der Waals surface area contributed by atoms with Gasteiger partial charge in [0.05, 0.1) is 11.5 Å². The van der Waals surface area contributed by atoms with E-state index in [9.17, 15) is 21.6 Å². The Morgan fingerprint density at radius 3 is 2.24 bits per heavy atom. The standard InChI is InChI=1S/C19H27F3N2O2S.C2H6/c1-4-5-17(11-23-16(3)19(20,21)22)10-15(2)12-24-8-6-18(7-9-24)13-27(25,26)14-18;1-2/h11,15H,6-10,12-14H2,1-3H3;1-2H3/b17-11+,23-16?;. The molecule has 2 aliphatic heterocycles. The van der Waals surface area contributed by atoms with Crippen molar-refractivity contribution in [2.45, 2.75) is 60.1 Å². The summed E-state index contributed by atoms with van der Waals surface area (Å²) in [5.41, 5.74) is -0.309. The minimum atomic E-state index is -4.42. The van der Waals surface area contributed by atoms with Gasteiger partial charge in [-0.3, -0.25) is 4.99 Å². The first kappa shape index (κ1) is 25.7. The van der Waals surface area contributed by atoms with E-state index in [1.165, 1.54) is 6.20 Å². The molecule has 0 aromatic rings. The summed E-state index contributed by atoms with van der Waals surface area (Å²) in [6.07, 6.45) is -0.853. The van der Waals surface area contributed by atoms with Crippen molar-refractivity contribution in [2.75, 3.05) is 31.1 Å². The Morgan fingerprint density at radius 2 is 1.79 bits per heavy atom. The maximum absolute atomic E-state index is 12.6. The number of sulfone groups is 1. The number of halogens is 3. The first-order chi connectivity index (χ1) is 13.4. The maximum atomic E-state index is 12.6. The molecule has 0 bridgehead atoms. The van der Waals surface area contributed by atoms with Crippen LogP contribution in [0.2, 0.25) is 0 Å². The second kappa shape index (κ2) is 10.6. The molecule has 0 aromatic carbocycles. The highest BCUT2D eigenvalue weighted by molar-refractivity contribution is 7.92. The average Bonchev–Trinajstić information content (AvgIpc) is 2.61. The van der Waals surface area contributed by atoms with Crippen LogP contribution in [-0.2, 0) is 9.84 Å². The number of nitrogens with zero attached hydrogens (tertiary/aromatic N) is 2. The highest BCUT2D eigenvalue weighted by Crippen LogP contribution is 2.42. The van der Waals surface area contributed by atoms with Gasteiger partial charge in [0.2, 0.25) is 0 Å². The lowest BCUT2D eigenvalue weighted by Crippen LogP contribution is -2.54. The monoisotopic (exact) mass is 434 g/mol. The van der Waals surface area contributed by atoms with Gasteiger partial charge in [-0.1, -0.05) is 26.7 Å². The first-order valence-corrected chi connectivity index (χ1v) is 11.9. The third kappa shape index (κ3) is 8.13. The molecule has 2 aliphatic rings. The third-order valence-electron chi connectivity index (χ3n) is 5.22. The maximum Gasteiger partial charge on any atom is 0.429 e. The number of hydrogen-bond acceptors (Lipinski definition) is 4. The lowest BCUT2D eigenvalue weighted by atomic mass is 9.81. The average molecular weight is 435 g/mol. The zero-order valence-corrected chi connectivity index (χ0v) is 18.9. The Kier molecular flexibility index (Phi) is 9.42. The van der Waals surface area contributed by atoms with Gasteiger partial charge in [-0.15, -0.1) is 5.92 Å². The van der Waals surface area contributed by atoms with Crippen LogP contribution in [-0.4, -0.2) is 56.3 Å². The van der Waals surface area contributed by atoms with Crippen LogP contribution in [0.4, 0.5) is 13.2 Å². The van der Waals surface area contributed by atoms with Crippen molar-refractivity contribution in [3.8, 4) is 11.8 Å². The minimum absolute atomic E-state index is 0.0127. The number of allylic oxidation sites excluding steroid dienone is 1. The predicted octanol–water partition coefficient (Wildman–Crippen LogP) is 4.48. The molecule has 1 unspecified atom stereocenters. The van der Waals surface area contributed by atoms with Gasteiger partial charge in [-0.25, -0.2) is 8.42 Å². The lowest BCUT2D eigenvalue weighted by Gasteiger charge is -2.47. The van der Waals surface area contributed by atoms with E-state index in [1.54, 1.807) is 6.92 Å². The molecule has 1 spiro atoms. The molecule has 2 heterocycles. The van der Waals surface area contributed by atoms with Crippen molar-refractivity contribution >= 4 is 15.5 Å². The number of rotatable bonds is 5. The SMILES string of the molecule is CC.CC#C/C(=C\N=C(C)C(F)(F)F)CC(C)CN1CCC2(CC1)CS(=O)(=O)C2. The van der Waals surface area contributed by atoms with Gasteiger partial charge in [0.25, 0.3) is 0 Å². The van der Waals surface area contributed by atoms with Crippen LogP contribution in [0, 0.1) is 23.2 Å². The first-order valence-electron chi connectivity index (χ1n) is 10.1. The molecule has 2 saturated heterocycles. The van der Waals surface area contributed by atoms with Crippen LogP contribution < -0.4 is 0 Å². The van der Waals surface area contributed by atoms with E-state index in [2.05, 4.69) is 21.7 Å². The van der Waals surface area contributed by atoms with Crippen molar-refractivity contribution in [3.05, 3.63) is 11.8 Å². The number of aliphatic imine (C=N–C) groups is 1. The van der Waals surface area contributed by atoms with Gasteiger partial charge in [0.15, 0.2) is 9.84 Å². The lowest BCUT2D eigenvalue weighted by molar-refractivity contribution is -0.0591. The van der Waals surface area contributed by atoms with E-state index in [-0.39, 0.29) is 11.3 Å². The van der Waals surface area contributed by atoms with Gasteiger partial charge in [0, 0.05) is 23.7 Å². The molecule has 2 rings (SSSR count). The predicted molar refractivity (Wildman–Crippen MR) is 113 cm³/mol. The van der Waals surface area contributed by atoms with E-state index in [0.717, 1.165) is 39.4 Å². The normalized spacial score (nSPS) is 22.6. The summed E-state index contributed by atoms with van der Waals surface area (Å²) < 4.78 is 60.6. The third-order valence-corrected chi connectivity index (χ3v) is 7.32. The molecule has 0 saturated carbocycles. The van der Waals surface area contributed by atoms with Crippen LogP contribution in [0.1, 0.15) is 53.9 Å². The summed E-state index contributed by atoms with van der Waals surface area (Å²) in [6.45, 7) is 11.2. The highest BCUT2D eigenvalue weighted by Gasteiger charge is 2.49. The van der Waals surface area contributed by atoms with Gasteiger partial charge >= 0.3 is 6.18 Å². The van der Waals surface area contributed by atoms with Crippen LogP contribution in [0.3, 0.4) is 0 Å². The number of likely N-dealkylation sites (tertiary alicyclic amines) is 1. The molecule has 0 aliphatic carbocycles. The minimum Gasteiger partial charge on any atom is -0.303 e. The summed E-state index contributed by atoms with van der Waals surface area (Å²) in [5, 5.41) is 0. The molecule has 166 valence electrons. The van der Waals surface area contributed by atoms with E-state index in [0.29, 0.717) is 23.5 Å². The molecule has 0 N–H and O–H groups in total. The Hall–Kier alpha value is -1.33. The van der Waals surface area contributed by atoms with E-state index >= 15 is 0 Å². The second-order valence-corrected chi connectivity index (χ2v) is 9.95. The smallest absolute Gasteiger partial charge is 0.303 e. The molecular formula is C21H33F3N2O2S. The largest absolute Gasteiger partial charge is 0.429 e. The highest BCUT2D eigenvalue weighted by atomic mass is 32.2. The number of piperidine rings is 1. The van der Waals surface area contributed by atoms with Crippen molar-refractivity contribution in [1.29, 1.82) is 0 Å². The fraction of sp³-hybridized carbons (Fsp3) is 0.762. The van der Waals surface area contributed by atoms with Gasteiger partial charge in [-0.2, -0.15) is 13.2 Å². The summed E-state index contributed by atoms with van der Waals surface area (Å²) in [5.74, 6) is 6.44.